The third-order valence-corrected chi connectivity index (χ3v) is 6.30. The Morgan fingerprint density at radius 3 is 2.94 bits per heavy atom. The zero-order valence-electron chi connectivity index (χ0n) is 17.5. The highest BCUT2D eigenvalue weighted by atomic mass is 32.1. The van der Waals surface area contributed by atoms with Gasteiger partial charge in [-0.1, -0.05) is 17.4 Å². The lowest BCUT2D eigenvalue weighted by Gasteiger charge is -2.29. The van der Waals surface area contributed by atoms with Crippen molar-refractivity contribution in [3.05, 3.63) is 52.7 Å². The number of nitrogens with two attached hydrogens (primary N) is 1. The van der Waals surface area contributed by atoms with Crippen molar-refractivity contribution in [2.24, 2.45) is 5.73 Å². The maximum atomic E-state index is 12.5. The Balaban J connectivity index is 1.47. The fourth-order valence-corrected chi connectivity index (χ4v) is 4.79. The van der Waals surface area contributed by atoms with E-state index in [2.05, 4.69) is 10.3 Å². The monoisotopic (exact) mass is 451 g/mol. The lowest BCUT2D eigenvalue weighted by molar-refractivity contribution is 0.0900. The number of primary amides is 1. The first-order valence-corrected chi connectivity index (χ1v) is 10.9. The Labute approximate surface area is 188 Å². The molecule has 1 aromatic carbocycles. The number of aromatic nitrogens is 2. The highest BCUT2D eigenvalue weighted by Crippen LogP contribution is 2.42. The number of fused-ring (bicyclic) bond motifs is 2. The second-order valence-corrected chi connectivity index (χ2v) is 9.22. The summed E-state index contributed by atoms with van der Waals surface area (Å²) in [4.78, 5) is 35.5. The zero-order chi connectivity index (χ0) is 22.5. The van der Waals surface area contributed by atoms with E-state index in [0.717, 1.165) is 16.5 Å². The number of pyridine rings is 1. The van der Waals surface area contributed by atoms with E-state index in [1.54, 1.807) is 18.2 Å². The molecule has 0 aliphatic carbocycles. The summed E-state index contributed by atoms with van der Waals surface area (Å²) in [5.41, 5.74) is 6.70. The van der Waals surface area contributed by atoms with Gasteiger partial charge in [-0.3, -0.25) is 9.59 Å². The number of nitrogens with one attached hydrogen (secondary N) is 1. The van der Waals surface area contributed by atoms with Crippen LogP contribution in [0.15, 0.2) is 36.4 Å². The number of nitrogens with zero attached hydrogens (tertiary/aromatic N) is 3. The quantitative estimate of drug-likeness (QED) is 0.626. The third kappa shape index (κ3) is 3.73. The van der Waals surface area contributed by atoms with E-state index in [1.807, 2.05) is 30.9 Å². The first-order valence-electron chi connectivity index (χ1n) is 10.1. The first kappa shape index (κ1) is 20.3. The lowest BCUT2D eigenvalue weighted by atomic mass is 9.94. The molecule has 3 aromatic rings. The van der Waals surface area contributed by atoms with Crippen LogP contribution in [0.5, 0.6) is 17.4 Å². The van der Waals surface area contributed by atoms with Gasteiger partial charge < -0.3 is 25.4 Å². The summed E-state index contributed by atoms with van der Waals surface area (Å²) in [7, 11) is 0. The molecule has 4 heterocycles. The summed E-state index contributed by atoms with van der Waals surface area (Å²) >= 11 is 1.37. The minimum Gasteiger partial charge on any atom is -0.490 e. The van der Waals surface area contributed by atoms with E-state index in [4.69, 9.17) is 20.2 Å². The highest BCUT2D eigenvalue weighted by Gasteiger charge is 2.34. The fraction of sp³-hybridized carbons (Fsp3) is 0.273. The van der Waals surface area contributed by atoms with E-state index >= 15 is 0 Å². The lowest BCUT2D eigenvalue weighted by Crippen LogP contribution is -2.48. The molecule has 0 radical (unpaired) electrons. The minimum absolute atomic E-state index is 0.0917. The van der Waals surface area contributed by atoms with Crippen molar-refractivity contribution < 1.29 is 19.1 Å². The van der Waals surface area contributed by atoms with Crippen molar-refractivity contribution in [2.45, 2.75) is 25.8 Å². The Kier molecular flexibility index (Phi) is 4.74. The van der Waals surface area contributed by atoms with E-state index in [-0.39, 0.29) is 23.0 Å². The average Bonchev–Trinajstić information content (AvgIpc) is 3.16. The van der Waals surface area contributed by atoms with Gasteiger partial charge in [0, 0.05) is 24.1 Å². The molecule has 0 bridgehead atoms. The average molecular weight is 452 g/mol. The highest BCUT2D eigenvalue weighted by molar-refractivity contribution is 7.17. The Morgan fingerprint density at radius 1 is 1.28 bits per heavy atom. The third-order valence-electron chi connectivity index (χ3n) is 5.18. The van der Waals surface area contributed by atoms with Crippen LogP contribution in [0.2, 0.25) is 0 Å². The molecule has 164 valence electrons. The maximum Gasteiger partial charge on any atom is 0.267 e. The number of hydrogen-bond acceptors (Lipinski definition) is 8. The largest absolute Gasteiger partial charge is 0.490 e. The summed E-state index contributed by atoms with van der Waals surface area (Å²) in [5.74, 6) is 0.758. The predicted molar refractivity (Wildman–Crippen MR) is 119 cm³/mol. The summed E-state index contributed by atoms with van der Waals surface area (Å²) in [6.45, 7) is 5.06. The van der Waals surface area contributed by atoms with E-state index < -0.39 is 5.91 Å². The normalized spacial score (nSPS) is 16.4. The van der Waals surface area contributed by atoms with Gasteiger partial charge in [-0.2, -0.15) is 0 Å². The molecule has 0 unspecified atom stereocenters. The molecule has 0 saturated heterocycles. The summed E-state index contributed by atoms with van der Waals surface area (Å²) < 4.78 is 11.7. The number of anilines is 2. The predicted octanol–water partition coefficient (Wildman–Crippen LogP) is 3.02. The molecule has 32 heavy (non-hydrogen) atoms. The molecule has 0 spiro atoms. The van der Waals surface area contributed by atoms with Crippen LogP contribution in [-0.2, 0) is 6.42 Å². The van der Waals surface area contributed by atoms with Crippen molar-refractivity contribution in [3.63, 3.8) is 0 Å². The van der Waals surface area contributed by atoms with Crippen LogP contribution >= 0.6 is 11.3 Å². The Hall–Kier alpha value is -3.66. The van der Waals surface area contributed by atoms with Gasteiger partial charge >= 0.3 is 0 Å². The second kappa shape index (κ2) is 7.49. The number of ether oxygens (including phenoxy) is 2. The van der Waals surface area contributed by atoms with Gasteiger partial charge in [0.25, 0.3) is 11.8 Å². The number of thiazole rings is 1. The van der Waals surface area contributed by atoms with Crippen molar-refractivity contribution in [3.8, 4) is 17.4 Å². The smallest absolute Gasteiger partial charge is 0.267 e. The van der Waals surface area contributed by atoms with Crippen LogP contribution in [0.4, 0.5) is 10.8 Å². The van der Waals surface area contributed by atoms with Gasteiger partial charge in [0.05, 0.1) is 17.9 Å². The molecule has 5 rings (SSSR count). The number of hydrogen-bond donors (Lipinski definition) is 2. The number of carbonyl (C=O) groups excluding carboxylic acids is 2. The molecular weight excluding hydrogens is 430 g/mol. The number of rotatable bonds is 4. The minimum atomic E-state index is -0.625. The van der Waals surface area contributed by atoms with Crippen LogP contribution in [-0.4, -0.2) is 40.5 Å². The molecular formula is C22H21N5O4S. The van der Waals surface area contributed by atoms with E-state index in [1.165, 1.54) is 17.4 Å². The topological polar surface area (TPSA) is 120 Å². The van der Waals surface area contributed by atoms with Gasteiger partial charge in [0.2, 0.25) is 5.88 Å². The molecule has 2 aliphatic heterocycles. The van der Waals surface area contributed by atoms with Crippen molar-refractivity contribution >= 4 is 34.0 Å². The van der Waals surface area contributed by atoms with Crippen molar-refractivity contribution in [2.75, 3.05) is 18.1 Å². The Morgan fingerprint density at radius 2 is 2.12 bits per heavy atom. The molecule has 0 fully saturated rings. The van der Waals surface area contributed by atoms with Crippen LogP contribution in [0, 0.1) is 0 Å². The van der Waals surface area contributed by atoms with Gasteiger partial charge in [0.15, 0.2) is 5.13 Å². The zero-order valence-corrected chi connectivity index (χ0v) is 18.4. The molecule has 2 aliphatic rings. The SMILES string of the molecule is CC1(C)Cc2nc(N3CCOc4ccc(Oc5cccc(C(N)=O)n5)cc43)sc2C(=O)N1. The summed E-state index contributed by atoms with van der Waals surface area (Å²) in [6, 6.07) is 10.2. The van der Waals surface area contributed by atoms with Crippen LogP contribution < -0.4 is 25.4 Å². The first-order chi connectivity index (χ1) is 15.3. The number of carbonyl (C=O) groups is 2. The molecule has 10 heteroatoms. The van der Waals surface area contributed by atoms with E-state index in [9.17, 15) is 9.59 Å². The van der Waals surface area contributed by atoms with Crippen LogP contribution in [0.1, 0.15) is 39.7 Å². The summed E-state index contributed by atoms with van der Waals surface area (Å²) in [5, 5.41) is 3.76. The molecule has 0 saturated carbocycles. The fourth-order valence-electron chi connectivity index (χ4n) is 3.77. The van der Waals surface area contributed by atoms with Gasteiger partial charge in [-0.05, 0) is 32.0 Å². The standard InChI is InChI=1S/C22H21N5O4S/c1-22(2)11-14-18(20(29)26-22)32-21(25-14)27-8-9-30-16-7-6-12(10-15(16)27)31-17-5-3-4-13(24-17)19(23)28/h3-7,10H,8-9,11H2,1-2H3,(H2,23,28)(H,26,29). The van der Waals surface area contributed by atoms with Gasteiger partial charge in [0.1, 0.15) is 28.7 Å². The van der Waals surface area contributed by atoms with Crippen LogP contribution in [0.3, 0.4) is 0 Å². The molecule has 9 nitrogen and oxygen atoms in total. The second-order valence-electron chi connectivity index (χ2n) is 8.24. The number of amides is 2. The van der Waals surface area contributed by atoms with Crippen molar-refractivity contribution in [1.29, 1.82) is 0 Å². The maximum absolute atomic E-state index is 12.5. The van der Waals surface area contributed by atoms with Crippen molar-refractivity contribution in [1.82, 2.24) is 15.3 Å². The molecule has 0 atom stereocenters. The van der Waals surface area contributed by atoms with E-state index in [0.29, 0.717) is 35.9 Å². The number of benzene rings is 1. The molecule has 3 N–H and O–H groups in total. The molecule has 2 amide bonds. The summed E-state index contributed by atoms with van der Waals surface area (Å²) in [6.07, 6.45) is 0.673. The van der Waals surface area contributed by atoms with Gasteiger partial charge in [-0.15, -0.1) is 0 Å². The van der Waals surface area contributed by atoms with Gasteiger partial charge in [-0.25, -0.2) is 9.97 Å². The van der Waals surface area contributed by atoms with Crippen LogP contribution in [0.25, 0.3) is 0 Å². The molecule has 2 aromatic heterocycles. The Bertz CT molecular complexity index is 1240.